The Labute approximate surface area is 159 Å². The van der Waals surface area contributed by atoms with Crippen molar-refractivity contribution in [3.05, 3.63) is 44.0 Å². The van der Waals surface area contributed by atoms with Gasteiger partial charge in [-0.25, -0.2) is 4.98 Å². The number of carbonyl (C=O) groups excluding carboxylic acids is 1. The summed E-state index contributed by atoms with van der Waals surface area (Å²) in [6.45, 7) is 2.00. The maximum absolute atomic E-state index is 13.0. The van der Waals surface area contributed by atoms with Crippen LogP contribution in [0, 0.1) is 3.57 Å². The summed E-state index contributed by atoms with van der Waals surface area (Å²) in [4.78, 5) is 15.5. The molecule has 0 amide bonds. The van der Waals surface area contributed by atoms with E-state index in [1.165, 1.54) is 17.4 Å². The zero-order valence-electron chi connectivity index (χ0n) is 12.9. The molecule has 0 aliphatic carbocycles. The zero-order chi connectivity index (χ0) is 18.4. The van der Waals surface area contributed by atoms with Gasteiger partial charge in [-0.2, -0.15) is 18.3 Å². The lowest BCUT2D eigenvalue weighted by Gasteiger charge is -2.11. The minimum absolute atomic E-state index is 0.0218. The van der Waals surface area contributed by atoms with Crippen LogP contribution in [0.25, 0.3) is 0 Å². The lowest BCUT2D eigenvalue weighted by atomic mass is 10.1. The van der Waals surface area contributed by atoms with Gasteiger partial charge in [0, 0.05) is 14.5 Å². The summed E-state index contributed by atoms with van der Waals surface area (Å²) in [5, 5.41) is 5.85. The molecule has 0 saturated heterocycles. The maximum Gasteiger partial charge on any atom is 0.417 e. The van der Waals surface area contributed by atoms with Crippen LogP contribution < -0.4 is 5.43 Å². The molecule has 0 spiro atoms. The largest absolute Gasteiger partial charge is 0.466 e. The summed E-state index contributed by atoms with van der Waals surface area (Å²) in [6.07, 6.45) is -3.32. The Morgan fingerprint density at radius 1 is 1.48 bits per heavy atom. The van der Waals surface area contributed by atoms with Gasteiger partial charge >= 0.3 is 12.1 Å². The normalized spacial score (nSPS) is 11.7. The lowest BCUT2D eigenvalue weighted by Crippen LogP contribution is -2.10. The Bertz CT molecular complexity index is 778. The van der Waals surface area contributed by atoms with E-state index in [1.54, 1.807) is 18.4 Å². The van der Waals surface area contributed by atoms with E-state index in [0.29, 0.717) is 14.4 Å². The van der Waals surface area contributed by atoms with Crippen molar-refractivity contribution in [2.75, 3.05) is 12.0 Å². The van der Waals surface area contributed by atoms with Gasteiger partial charge in [0.1, 0.15) is 0 Å². The fourth-order valence-electron chi connectivity index (χ4n) is 1.87. The first-order valence-electron chi connectivity index (χ1n) is 7.06. The average molecular weight is 483 g/mol. The van der Waals surface area contributed by atoms with Gasteiger partial charge in [0.2, 0.25) is 5.13 Å². The fraction of sp³-hybridized carbons (Fsp3) is 0.267. The maximum atomic E-state index is 13.0. The van der Waals surface area contributed by atoms with Crippen molar-refractivity contribution in [2.45, 2.75) is 19.5 Å². The molecule has 1 aromatic carbocycles. The van der Waals surface area contributed by atoms with E-state index in [2.05, 4.69) is 15.5 Å². The Morgan fingerprint density at radius 2 is 2.24 bits per heavy atom. The van der Waals surface area contributed by atoms with Crippen molar-refractivity contribution < 1.29 is 22.7 Å². The number of nitrogens with zero attached hydrogens (tertiary/aromatic N) is 2. The van der Waals surface area contributed by atoms with Gasteiger partial charge in [0.05, 0.1) is 30.5 Å². The minimum atomic E-state index is -4.46. The van der Waals surface area contributed by atoms with Gasteiger partial charge in [-0.15, -0.1) is 11.3 Å². The van der Waals surface area contributed by atoms with Crippen LogP contribution in [-0.2, 0) is 22.1 Å². The molecule has 0 aliphatic heterocycles. The first kappa shape index (κ1) is 19.6. The predicted octanol–water partition coefficient (Wildman–Crippen LogP) is 4.32. The molecule has 1 heterocycles. The number of carbonyl (C=O) groups is 1. The molecule has 0 fully saturated rings. The molecule has 0 atom stereocenters. The first-order valence-corrected chi connectivity index (χ1v) is 9.02. The van der Waals surface area contributed by atoms with Crippen molar-refractivity contribution in [2.24, 2.45) is 5.10 Å². The quantitative estimate of drug-likeness (QED) is 0.288. The standard InChI is InChI=1S/C15H13F3IN3O2S/c1-2-24-13(23)6-9-8-25-14(21-9)22-20-7-10-11(15(16,17)18)4-3-5-12(10)19/h3-5,7-8H,2,6H2,1H3,(H,21,22). The molecule has 1 aromatic heterocycles. The van der Waals surface area contributed by atoms with E-state index in [-0.39, 0.29) is 18.6 Å². The van der Waals surface area contributed by atoms with Gasteiger partial charge in [-0.05, 0) is 41.6 Å². The third kappa shape index (κ3) is 5.66. The van der Waals surface area contributed by atoms with Crippen molar-refractivity contribution in [3.63, 3.8) is 0 Å². The summed E-state index contributed by atoms with van der Waals surface area (Å²) in [6, 6.07) is 3.92. The monoisotopic (exact) mass is 483 g/mol. The second-order valence-electron chi connectivity index (χ2n) is 4.69. The number of nitrogens with one attached hydrogen (secondary N) is 1. The van der Waals surface area contributed by atoms with Crippen LogP contribution in [0.3, 0.4) is 0 Å². The molecule has 5 nitrogen and oxygen atoms in total. The van der Waals surface area contributed by atoms with Crippen molar-refractivity contribution in [3.8, 4) is 0 Å². The number of ether oxygens (including phenoxy) is 1. The summed E-state index contributed by atoms with van der Waals surface area (Å²) < 4.78 is 44.3. The van der Waals surface area contributed by atoms with Crippen LogP contribution >= 0.6 is 33.9 Å². The number of rotatable bonds is 6. The highest BCUT2D eigenvalue weighted by molar-refractivity contribution is 14.1. The van der Waals surface area contributed by atoms with Crippen LogP contribution in [0.15, 0.2) is 28.7 Å². The van der Waals surface area contributed by atoms with Crippen LogP contribution in [-0.4, -0.2) is 23.8 Å². The molecule has 0 unspecified atom stereocenters. The molecule has 25 heavy (non-hydrogen) atoms. The van der Waals surface area contributed by atoms with E-state index in [9.17, 15) is 18.0 Å². The average Bonchev–Trinajstić information content (AvgIpc) is 2.95. The highest BCUT2D eigenvalue weighted by Gasteiger charge is 2.33. The second kappa shape index (κ2) is 8.61. The molecule has 0 bridgehead atoms. The number of hydrazone groups is 1. The number of hydrogen-bond acceptors (Lipinski definition) is 6. The van der Waals surface area contributed by atoms with Gasteiger partial charge in [0.25, 0.3) is 0 Å². The lowest BCUT2D eigenvalue weighted by molar-refractivity contribution is -0.142. The van der Waals surface area contributed by atoms with E-state index in [4.69, 9.17) is 4.74 Å². The number of benzene rings is 1. The van der Waals surface area contributed by atoms with Crippen LogP contribution in [0.4, 0.5) is 18.3 Å². The van der Waals surface area contributed by atoms with Gasteiger partial charge < -0.3 is 4.74 Å². The molecular formula is C15H13F3IN3O2S. The van der Waals surface area contributed by atoms with E-state index in [1.807, 2.05) is 22.6 Å². The van der Waals surface area contributed by atoms with Gasteiger partial charge in [0.15, 0.2) is 0 Å². The summed E-state index contributed by atoms with van der Waals surface area (Å²) in [5.41, 5.74) is 2.31. The minimum Gasteiger partial charge on any atom is -0.466 e. The SMILES string of the molecule is CCOC(=O)Cc1csc(NN=Cc2c(I)cccc2C(F)(F)F)n1. The Balaban J connectivity index is 2.07. The third-order valence-corrected chi connectivity index (χ3v) is 4.63. The number of hydrogen-bond donors (Lipinski definition) is 1. The molecular weight excluding hydrogens is 470 g/mol. The third-order valence-electron chi connectivity index (χ3n) is 2.89. The molecule has 1 N–H and O–H groups in total. The fourth-order valence-corrected chi connectivity index (χ4v) is 3.16. The topological polar surface area (TPSA) is 63.6 Å². The number of thiazole rings is 1. The summed E-state index contributed by atoms with van der Waals surface area (Å²) in [7, 11) is 0. The second-order valence-corrected chi connectivity index (χ2v) is 6.71. The predicted molar refractivity (Wildman–Crippen MR) is 97.8 cm³/mol. The molecule has 2 aromatic rings. The smallest absolute Gasteiger partial charge is 0.417 e. The molecule has 0 aliphatic rings. The highest BCUT2D eigenvalue weighted by Crippen LogP contribution is 2.33. The van der Waals surface area contributed by atoms with Crippen molar-refractivity contribution >= 4 is 51.2 Å². The number of aromatic nitrogens is 1. The Kier molecular flexibility index (Phi) is 6.76. The van der Waals surface area contributed by atoms with Crippen LogP contribution in [0.5, 0.6) is 0 Å². The number of esters is 1. The van der Waals surface area contributed by atoms with E-state index in [0.717, 1.165) is 12.3 Å². The highest BCUT2D eigenvalue weighted by atomic mass is 127. The van der Waals surface area contributed by atoms with Crippen LogP contribution in [0.2, 0.25) is 0 Å². The van der Waals surface area contributed by atoms with Gasteiger partial charge in [-0.3, -0.25) is 10.2 Å². The number of anilines is 1. The van der Waals surface area contributed by atoms with Crippen molar-refractivity contribution in [1.82, 2.24) is 4.98 Å². The summed E-state index contributed by atoms with van der Waals surface area (Å²) in [5.74, 6) is -0.392. The summed E-state index contributed by atoms with van der Waals surface area (Å²) >= 11 is 3.01. The van der Waals surface area contributed by atoms with E-state index >= 15 is 0 Å². The Hall–Kier alpha value is -1.69. The number of halogens is 4. The number of alkyl halides is 3. The molecule has 134 valence electrons. The molecule has 0 saturated carbocycles. The van der Waals surface area contributed by atoms with Crippen molar-refractivity contribution in [1.29, 1.82) is 0 Å². The van der Waals surface area contributed by atoms with Crippen LogP contribution in [0.1, 0.15) is 23.7 Å². The molecule has 10 heteroatoms. The first-order chi connectivity index (χ1) is 11.8. The molecule has 0 radical (unpaired) electrons. The molecule has 2 rings (SSSR count). The van der Waals surface area contributed by atoms with Gasteiger partial charge in [-0.1, -0.05) is 6.07 Å². The Morgan fingerprint density at radius 3 is 2.92 bits per heavy atom. The zero-order valence-corrected chi connectivity index (χ0v) is 15.9. The van der Waals surface area contributed by atoms with E-state index < -0.39 is 17.7 Å².